The molecule has 8 nitrogen and oxygen atoms in total. The predicted octanol–water partition coefficient (Wildman–Crippen LogP) is 1.43. The van der Waals surface area contributed by atoms with Crippen LogP contribution < -0.4 is 10.1 Å². The average Bonchev–Trinajstić information content (AvgIpc) is 3.12. The molecule has 9 atom stereocenters. The topological polar surface area (TPSA) is 125 Å². The van der Waals surface area contributed by atoms with Crippen LogP contribution >= 0.6 is 0 Å². The quantitative estimate of drug-likeness (QED) is 0.521. The van der Waals surface area contributed by atoms with Crippen molar-refractivity contribution in [2.24, 2.45) is 17.3 Å². The standard InChI is InChI=1S/C26H35NO7/c1-13(29)27-22-24(32)23(31)20(12-28)34-25(22)33-15-4-6-16-14(11-15)3-5-18-17(16)9-10-26(2)19(18)7-8-21(26)30/h4,6,11,17-20,22-25,28,31-32H,3,5,7-10,12H2,1-2H3,(H,27,29)/t17-,18-,19+,20-,22-,23-,24-,25-,26+/m1/s1. The van der Waals surface area contributed by atoms with Crippen LogP contribution in [-0.4, -0.2) is 64.3 Å². The number of amides is 1. The van der Waals surface area contributed by atoms with E-state index in [1.807, 2.05) is 12.1 Å². The third-order valence-electron chi connectivity index (χ3n) is 8.91. The zero-order valence-electron chi connectivity index (χ0n) is 19.8. The molecular formula is C26H35NO7. The number of hydrogen-bond acceptors (Lipinski definition) is 7. The van der Waals surface area contributed by atoms with Gasteiger partial charge in [-0.2, -0.15) is 0 Å². The van der Waals surface area contributed by atoms with E-state index in [2.05, 4.69) is 18.3 Å². The molecule has 3 aliphatic carbocycles. The molecule has 0 bridgehead atoms. The minimum Gasteiger partial charge on any atom is -0.463 e. The van der Waals surface area contributed by atoms with Gasteiger partial charge in [0.1, 0.15) is 35.9 Å². The second-order valence-corrected chi connectivity index (χ2v) is 10.7. The van der Waals surface area contributed by atoms with Crippen LogP contribution in [0.3, 0.4) is 0 Å². The number of aliphatic hydroxyl groups excluding tert-OH is 3. The van der Waals surface area contributed by atoms with E-state index >= 15 is 0 Å². The van der Waals surface area contributed by atoms with Gasteiger partial charge < -0.3 is 30.1 Å². The number of aryl methyl sites for hydroxylation is 1. The fourth-order valence-corrected chi connectivity index (χ4v) is 7.11. The van der Waals surface area contributed by atoms with Gasteiger partial charge in [0.05, 0.1) is 6.61 Å². The van der Waals surface area contributed by atoms with Crippen LogP contribution in [0.1, 0.15) is 63.0 Å². The number of nitrogens with one attached hydrogen (secondary N) is 1. The zero-order chi connectivity index (χ0) is 24.2. The summed E-state index contributed by atoms with van der Waals surface area (Å²) in [4.78, 5) is 24.2. The second-order valence-electron chi connectivity index (χ2n) is 10.7. The number of rotatable bonds is 4. The fraction of sp³-hybridized carbons (Fsp3) is 0.692. The Morgan fingerprint density at radius 3 is 2.74 bits per heavy atom. The molecule has 1 aromatic carbocycles. The smallest absolute Gasteiger partial charge is 0.223 e. The van der Waals surface area contributed by atoms with E-state index in [1.165, 1.54) is 18.1 Å². The molecule has 1 amide bonds. The number of benzene rings is 1. The van der Waals surface area contributed by atoms with E-state index in [9.17, 15) is 24.9 Å². The van der Waals surface area contributed by atoms with Crippen molar-refractivity contribution in [2.45, 2.75) is 88.9 Å². The maximum atomic E-state index is 12.6. The van der Waals surface area contributed by atoms with Crippen LogP contribution in [0.4, 0.5) is 0 Å². The number of aliphatic hydroxyl groups is 3. The van der Waals surface area contributed by atoms with Crippen LogP contribution in [0.2, 0.25) is 0 Å². The lowest BCUT2D eigenvalue weighted by Crippen LogP contribution is -2.65. The summed E-state index contributed by atoms with van der Waals surface area (Å²) < 4.78 is 11.8. The molecule has 3 fully saturated rings. The third-order valence-corrected chi connectivity index (χ3v) is 8.91. The zero-order valence-corrected chi connectivity index (χ0v) is 19.8. The minimum absolute atomic E-state index is 0.145. The minimum atomic E-state index is -1.35. The Kier molecular flexibility index (Phi) is 6.21. The van der Waals surface area contributed by atoms with Crippen molar-refractivity contribution in [3.63, 3.8) is 0 Å². The number of fused-ring (bicyclic) bond motifs is 5. The van der Waals surface area contributed by atoms with Crippen molar-refractivity contribution in [1.29, 1.82) is 0 Å². The van der Waals surface area contributed by atoms with Crippen LogP contribution in [0.25, 0.3) is 0 Å². The van der Waals surface area contributed by atoms with Crippen LogP contribution in [0.5, 0.6) is 5.75 Å². The van der Waals surface area contributed by atoms with Gasteiger partial charge >= 0.3 is 0 Å². The summed E-state index contributed by atoms with van der Waals surface area (Å²) in [6.45, 7) is 3.01. The van der Waals surface area contributed by atoms with Crippen molar-refractivity contribution in [3.05, 3.63) is 29.3 Å². The first-order valence-corrected chi connectivity index (χ1v) is 12.4. The molecule has 0 spiro atoms. The average molecular weight is 474 g/mol. The Labute approximate surface area is 199 Å². The Balaban J connectivity index is 1.36. The Morgan fingerprint density at radius 1 is 1.21 bits per heavy atom. The van der Waals surface area contributed by atoms with E-state index in [4.69, 9.17) is 9.47 Å². The number of ketones is 1. The SMILES string of the molecule is CC(=O)N[C@H]1[C@H](Oc2ccc3c(c2)CC[C@@H]2[C@@H]3CC[C@]3(C)C(=O)CC[C@@H]23)O[C@H](CO)[C@@H](O)[C@@H]1O. The van der Waals surface area contributed by atoms with Gasteiger partial charge in [-0.05, 0) is 73.1 Å². The molecule has 0 aromatic heterocycles. The van der Waals surface area contributed by atoms with Crippen molar-refractivity contribution in [3.8, 4) is 5.75 Å². The lowest BCUT2D eigenvalue weighted by molar-refractivity contribution is -0.244. The second kappa shape index (κ2) is 8.90. The summed E-state index contributed by atoms with van der Waals surface area (Å²) in [6, 6.07) is 5.01. The number of carbonyl (C=O) groups is 2. The predicted molar refractivity (Wildman–Crippen MR) is 122 cm³/mol. The van der Waals surface area contributed by atoms with Gasteiger partial charge in [-0.25, -0.2) is 0 Å². The molecule has 1 heterocycles. The highest BCUT2D eigenvalue weighted by atomic mass is 16.7. The molecule has 5 rings (SSSR count). The number of ether oxygens (including phenoxy) is 2. The molecule has 0 radical (unpaired) electrons. The van der Waals surface area contributed by atoms with Gasteiger partial charge in [-0.15, -0.1) is 0 Å². The molecule has 2 saturated carbocycles. The third kappa shape index (κ3) is 3.85. The molecule has 186 valence electrons. The number of carbonyl (C=O) groups excluding carboxylic acids is 2. The highest BCUT2D eigenvalue weighted by Gasteiger charge is 2.54. The maximum absolute atomic E-state index is 12.6. The van der Waals surface area contributed by atoms with Crippen LogP contribution in [0.15, 0.2) is 18.2 Å². The first kappa shape index (κ1) is 23.7. The summed E-state index contributed by atoms with van der Waals surface area (Å²) >= 11 is 0. The number of hydrogen-bond donors (Lipinski definition) is 4. The first-order chi connectivity index (χ1) is 16.2. The molecule has 0 unspecified atom stereocenters. The Hall–Kier alpha value is -2.00. The molecular weight excluding hydrogens is 438 g/mol. The van der Waals surface area contributed by atoms with Crippen LogP contribution in [0, 0.1) is 17.3 Å². The van der Waals surface area contributed by atoms with Crippen molar-refractivity contribution >= 4 is 11.7 Å². The van der Waals surface area contributed by atoms with Crippen molar-refractivity contribution < 1.29 is 34.4 Å². The lowest BCUT2D eigenvalue weighted by atomic mass is 9.55. The largest absolute Gasteiger partial charge is 0.463 e. The summed E-state index contributed by atoms with van der Waals surface area (Å²) in [5.74, 6) is 2.07. The molecule has 1 aromatic rings. The Morgan fingerprint density at radius 2 is 2.00 bits per heavy atom. The monoisotopic (exact) mass is 473 g/mol. The summed E-state index contributed by atoms with van der Waals surface area (Å²) in [5, 5.41) is 32.9. The normalized spacial score (nSPS) is 41.3. The molecule has 1 aliphatic heterocycles. The first-order valence-electron chi connectivity index (χ1n) is 12.4. The van der Waals surface area contributed by atoms with Gasteiger partial charge in [0.2, 0.25) is 12.2 Å². The van der Waals surface area contributed by atoms with E-state index in [0.29, 0.717) is 29.3 Å². The van der Waals surface area contributed by atoms with Crippen LogP contribution in [-0.2, 0) is 20.7 Å². The lowest BCUT2D eigenvalue weighted by Gasteiger charge is -2.48. The molecule has 4 N–H and O–H groups in total. The van der Waals surface area contributed by atoms with Crippen molar-refractivity contribution in [2.75, 3.05) is 6.61 Å². The van der Waals surface area contributed by atoms with Gasteiger partial charge in [0.25, 0.3) is 0 Å². The molecule has 1 saturated heterocycles. The highest BCUT2D eigenvalue weighted by molar-refractivity contribution is 5.87. The van der Waals surface area contributed by atoms with Crippen molar-refractivity contribution in [1.82, 2.24) is 5.32 Å². The van der Waals surface area contributed by atoms with E-state index in [1.54, 1.807) is 0 Å². The molecule has 8 heteroatoms. The highest BCUT2D eigenvalue weighted by Crippen LogP contribution is 2.59. The number of Topliss-reactive ketones (excluding diaryl/α,β-unsaturated/α-hetero) is 1. The van der Waals surface area contributed by atoms with Gasteiger partial charge in [0.15, 0.2) is 0 Å². The summed E-state index contributed by atoms with van der Waals surface area (Å²) in [6.07, 6.45) is 0.902. The van der Waals surface area contributed by atoms with Gasteiger partial charge in [-0.1, -0.05) is 13.0 Å². The molecule has 4 aliphatic rings. The summed E-state index contributed by atoms with van der Waals surface area (Å²) in [5.41, 5.74) is 2.41. The summed E-state index contributed by atoms with van der Waals surface area (Å²) in [7, 11) is 0. The van der Waals surface area contributed by atoms with Gasteiger partial charge in [0, 0.05) is 18.8 Å². The van der Waals surface area contributed by atoms with E-state index in [0.717, 1.165) is 38.5 Å². The van der Waals surface area contributed by atoms with E-state index < -0.39 is 37.3 Å². The van der Waals surface area contributed by atoms with E-state index in [-0.39, 0.29) is 11.3 Å². The Bertz CT molecular complexity index is 966. The maximum Gasteiger partial charge on any atom is 0.223 e. The fourth-order valence-electron chi connectivity index (χ4n) is 7.11. The molecule has 34 heavy (non-hydrogen) atoms. The van der Waals surface area contributed by atoms with Gasteiger partial charge in [-0.3, -0.25) is 9.59 Å².